The van der Waals surface area contributed by atoms with Crippen molar-refractivity contribution >= 4 is 5.97 Å². The Morgan fingerprint density at radius 1 is 1.35 bits per heavy atom. The molecule has 0 aromatic heterocycles. The molecule has 0 amide bonds. The molecule has 2 aliphatic rings. The summed E-state index contributed by atoms with van der Waals surface area (Å²) in [5.74, 6) is -0.689. The molecule has 3 unspecified atom stereocenters. The first kappa shape index (κ1) is 15.7. The van der Waals surface area contributed by atoms with E-state index in [1.807, 2.05) is 0 Å². The molecule has 0 aromatic rings. The second-order valence-corrected chi connectivity index (χ2v) is 6.64. The highest BCUT2D eigenvalue weighted by atomic mass is 16.4. The lowest BCUT2D eigenvalue weighted by Gasteiger charge is -2.46. The Bertz CT molecular complexity index is 348. The van der Waals surface area contributed by atoms with E-state index in [9.17, 15) is 9.90 Å². The van der Waals surface area contributed by atoms with Gasteiger partial charge in [-0.1, -0.05) is 0 Å². The van der Waals surface area contributed by atoms with E-state index in [1.165, 1.54) is 12.8 Å². The van der Waals surface area contributed by atoms with Gasteiger partial charge in [0.05, 0.1) is 0 Å². The minimum Gasteiger partial charge on any atom is -0.480 e. The fraction of sp³-hybridized carbons (Fsp3) is 0.933. The number of rotatable bonds is 4. The summed E-state index contributed by atoms with van der Waals surface area (Å²) in [5, 5.41) is 12.6. The van der Waals surface area contributed by atoms with Crippen molar-refractivity contribution in [2.24, 2.45) is 0 Å². The molecule has 5 nitrogen and oxygen atoms in total. The quantitative estimate of drug-likeness (QED) is 0.806. The van der Waals surface area contributed by atoms with Crippen LogP contribution in [0.3, 0.4) is 0 Å². The van der Waals surface area contributed by atoms with Crippen molar-refractivity contribution in [3.63, 3.8) is 0 Å². The van der Waals surface area contributed by atoms with Crippen molar-refractivity contribution in [2.45, 2.75) is 56.1 Å². The summed E-state index contributed by atoms with van der Waals surface area (Å²) in [5.41, 5.74) is -0.714. The number of hydrogen-bond donors (Lipinski definition) is 2. The molecule has 2 rings (SSSR count). The first-order valence-corrected chi connectivity index (χ1v) is 7.81. The second-order valence-electron chi connectivity index (χ2n) is 6.64. The third-order valence-corrected chi connectivity index (χ3v) is 5.29. The zero-order valence-corrected chi connectivity index (χ0v) is 13.1. The fourth-order valence-corrected chi connectivity index (χ4v) is 3.82. The van der Waals surface area contributed by atoms with Gasteiger partial charge in [0.25, 0.3) is 0 Å². The lowest BCUT2D eigenvalue weighted by molar-refractivity contribution is -0.147. The minimum atomic E-state index is -0.714. The van der Waals surface area contributed by atoms with Gasteiger partial charge in [0.1, 0.15) is 5.54 Å². The molecule has 0 aromatic carbocycles. The Morgan fingerprint density at radius 2 is 2.10 bits per heavy atom. The summed E-state index contributed by atoms with van der Waals surface area (Å²) in [6.45, 7) is 2.20. The van der Waals surface area contributed by atoms with Crippen LogP contribution >= 0.6 is 0 Å². The normalized spacial score (nSPS) is 36.2. The molecule has 1 saturated heterocycles. The molecular formula is C15H29N3O2. The number of carboxylic acid groups (broad SMARTS) is 1. The Labute approximate surface area is 122 Å². The van der Waals surface area contributed by atoms with Gasteiger partial charge in [-0.25, -0.2) is 0 Å². The number of hydrogen-bond acceptors (Lipinski definition) is 4. The lowest BCUT2D eigenvalue weighted by Crippen LogP contribution is -2.59. The number of nitrogens with one attached hydrogen (secondary N) is 1. The van der Waals surface area contributed by atoms with Crippen LogP contribution in [0.4, 0.5) is 0 Å². The van der Waals surface area contributed by atoms with E-state index in [2.05, 4.69) is 29.2 Å². The van der Waals surface area contributed by atoms with Crippen molar-refractivity contribution < 1.29 is 9.90 Å². The number of carbonyl (C=O) groups is 1. The van der Waals surface area contributed by atoms with Gasteiger partial charge in [-0.2, -0.15) is 0 Å². The Morgan fingerprint density at radius 3 is 2.70 bits per heavy atom. The zero-order valence-electron chi connectivity index (χ0n) is 13.1. The largest absolute Gasteiger partial charge is 0.480 e. The number of likely N-dealkylation sites (N-methyl/N-ethyl adjacent to an activating group) is 2. The third-order valence-electron chi connectivity index (χ3n) is 5.29. The van der Waals surface area contributed by atoms with E-state index < -0.39 is 11.5 Å². The molecule has 5 heteroatoms. The topological polar surface area (TPSA) is 55.8 Å². The fourth-order valence-electron chi connectivity index (χ4n) is 3.82. The number of piperidine rings is 1. The molecule has 0 radical (unpaired) electrons. The first-order valence-electron chi connectivity index (χ1n) is 7.81. The summed E-state index contributed by atoms with van der Waals surface area (Å²) in [4.78, 5) is 16.5. The molecule has 1 saturated carbocycles. The Hall–Kier alpha value is -0.650. The average Bonchev–Trinajstić information content (AvgIpc) is 2.47. The molecule has 1 aliphatic carbocycles. The molecular weight excluding hydrogens is 254 g/mol. The van der Waals surface area contributed by atoms with Crippen LogP contribution in [-0.4, -0.2) is 72.7 Å². The SMILES string of the molecule is CNC1(C(=O)O)CCCC(N2CCCC(N(C)C)C2)C1. The zero-order chi connectivity index (χ0) is 14.8. The van der Waals surface area contributed by atoms with Gasteiger partial charge in [0, 0.05) is 18.6 Å². The van der Waals surface area contributed by atoms with Crippen molar-refractivity contribution in [2.75, 3.05) is 34.2 Å². The van der Waals surface area contributed by atoms with Gasteiger partial charge >= 0.3 is 5.97 Å². The molecule has 116 valence electrons. The molecule has 2 fully saturated rings. The van der Waals surface area contributed by atoms with E-state index in [0.717, 1.165) is 38.8 Å². The van der Waals surface area contributed by atoms with Crippen LogP contribution in [-0.2, 0) is 4.79 Å². The summed E-state index contributed by atoms with van der Waals surface area (Å²) in [6.07, 6.45) is 6.10. The maximum atomic E-state index is 11.6. The highest BCUT2D eigenvalue weighted by molar-refractivity contribution is 5.79. The van der Waals surface area contributed by atoms with Crippen LogP contribution in [0, 0.1) is 0 Å². The molecule has 3 atom stereocenters. The van der Waals surface area contributed by atoms with Crippen LogP contribution in [0.5, 0.6) is 0 Å². The second kappa shape index (κ2) is 6.41. The van der Waals surface area contributed by atoms with E-state index in [0.29, 0.717) is 12.1 Å². The van der Waals surface area contributed by atoms with Gasteiger partial charge in [-0.05, 0) is 66.2 Å². The van der Waals surface area contributed by atoms with E-state index in [4.69, 9.17) is 0 Å². The highest BCUT2D eigenvalue weighted by Crippen LogP contribution is 2.33. The van der Waals surface area contributed by atoms with Crippen LogP contribution in [0.1, 0.15) is 38.5 Å². The lowest BCUT2D eigenvalue weighted by atomic mass is 9.78. The third kappa shape index (κ3) is 3.15. The first-order chi connectivity index (χ1) is 9.48. The van der Waals surface area contributed by atoms with E-state index >= 15 is 0 Å². The van der Waals surface area contributed by atoms with Gasteiger partial charge in [0.2, 0.25) is 0 Å². The van der Waals surface area contributed by atoms with E-state index in [1.54, 1.807) is 7.05 Å². The van der Waals surface area contributed by atoms with Crippen LogP contribution < -0.4 is 5.32 Å². The van der Waals surface area contributed by atoms with E-state index in [-0.39, 0.29) is 0 Å². The molecule has 0 bridgehead atoms. The summed E-state index contributed by atoms with van der Waals surface area (Å²) in [7, 11) is 6.07. The van der Waals surface area contributed by atoms with Crippen LogP contribution in [0.25, 0.3) is 0 Å². The standard InChI is InChI=1S/C15H29N3O2/c1-16-15(14(19)20)8-4-6-12(10-15)18-9-5-7-13(11-18)17(2)3/h12-13,16H,4-11H2,1-3H3,(H,19,20). The molecule has 1 heterocycles. The number of likely N-dealkylation sites (tertiary alicyclic amines) is 1. The van der Waals surface area contributed by atoms with Gasteiger partial charge in [0.15, 0.2) is 0 Å². The summed E-state index contributed by atoms with van der Waals surface area (Å²) in [6, 6.07) is 1.02. The molecule has 20 heavy (non-hydrogen) atoms. The predicted octanol–water partition coefficient (Wildman–Crippen LogP) is 0.998. The van der Waals surface area contributed by atoms with Gasteiger partial charge < -0.3 is 15.3 Å². The number of carboxylic acids is 1. The summed E-state index contributed by atoms with van der Waals surface area (Å²) < 4.78 is 0. The van der Waals surface area contributed by atoms with Gasteiger partial charge in [-0.15, -0.1) is 0 Å². The van der Waals surface area contributed by atoms with Crippen molar-refractivity contribution in [3.8, 4) is 0 Å². The smallest absolute Gasteiger partial charge is 0.323 e. The van der Waals surface area contributed by atoms with Crippen molar-refractivity contribution in [1.82, 2.24) is 15.1 Å². The maximum absolute atomic E-state index is 11.6. The monoisotopic (exact) mass is 283 g/mol. The molecule has 0 spiro atoms. The maximum Gasteiger partial charge on any atom is 0.323 e. The van der Waals surface area contributed by atoms with Gasteiger partial charge in [-0.3, -0.25) is 9.69 Å². The van der Waals surface area contributed by atoms with Crippen molar-refractivity contribution in [1.29, 1.82) is 0 Å². The van der Waals surface area contributed by atoms with Crippen molar-refractivity contribution in [3.05, 3.63) is 0 Å². The molecule has 1 aliphatic heterocycles. The minimum absolute atomic E-state index is 0.412. The van der Waals surface area contributed by atoms with Crippen LogP contribution in [0.15, 0.2) is 0 Å². The van der Waals surface area contributed by atoms with Crippen LogP contribution in [0.2, 0.25) is 0 Å². The number of aliphatic carboxylic acids is 1. The number of nitrogens with zero attached hydrogens (tertiary/aromatic N) is 2. The Balaban J connectivity index is 2.03. The predicted molar refractivity (Wildman–Crippen MR) is 80.0 cm³/mol. The molecule has 2 N–H and O–H groups in total. The summed E-state index contributed by atoms with van der Waals surface area (Å²) >= 11 is 0. The highest BCUT2D eigenvalue weighted by Gasteiger charge is 2.43. The Kier molecular flexibility index (Phi) is 5.04. The average molecular weight is 283 g/mol.